The highest BCUT2D eigenvalue weighted by Gasteiger charge is 2.17. The smallest absolute Gasteiger partial charge is 0.164 e. The Balaban J connectivity index is 1.34. The first-order valence-corrected chi connectivity index (χ1v) is 15.9. The number of fused-ring (bicyclic) bond motifs is 3. The molecule has 0 bridgehead atoms. The van der Waals surface area contributed by atoms with Crippen LogP contribution < -0.4 is 0 Å². The molecule has 8 aromatic rings. The highest BCUT2D eigenvalue weighted by atomic mass is 15.0. The quantitative estimate of drug-likeness (QED) is 0.176. The van der Waals surface area contributed by atoms with E-state index in [1.165, 1.54) is 0 Å². The van der Waals surface area contributed by atoms with Gasteiger partial charge in [-0.2, -0.15) is 0 Å². The lowest BCUT2D eigenvalue weighted by Crippen LogP contribution is -2.00. The van der Waals surface area contributed by atoms with Gasteiger partial charge in [0.25, 0.3) is 0 Å². The average Bonchev–Trinajstić information content (AvgIpc) is 3.15. The van der Waals surface area contributed by atoms with Gasteiger partial charge in [0.1, 0.15) is 0 Å². The zero-order valence-electron chi connectivity index (χ0n) is 26.2. The molecule has 0 aliphatic carbocycles. The summed E-state index contributed by atoms with van der Waals surface area (Å²) in [4.78, 5) is 25.2. The summed E-state index contributed by atoms with van der Waals surface area (Å²) in [5.41, 5.74) is 9.75. The minimum Gasteiger partial charge on any atom is -0.250 e. The molecule has 0 unspecified atom stereocenters. The molecule has 224 valence electrons. The van der Waals surface area contributed by atoms with Crippen LogP contribution in [0.1, 0.15) is 25.5 Å². The van der Waals surface area contributed by atoms with Crippen molar-refractivity contribution in [2.24, 2.45) is 0 Å². The summed E-state index contributed by atoms with van der Waals surface area (Å²) in [6, 6.07) is 49.7. The van der Waals surface area contributed by atoms with Crippen molar-refractivity contribution in [3.63, 3.8) is 0 Å². The van der Waals surface area contributed by atoms with Gasteiger partial charge in [0.05, 0.1) is 16.7 Å². The molecule has 0 fully saturated rings. The molecule has 3 heterocycles. The van der Waals surface area contributed by atoms with E-state index in [0.717, 1.165) is 66.6 Å². The summed E-state index contributed by atoms with van der Waals surface area (Å²) < 4.78 is 0. The van der Waals surface area contributed by atoms with Crippen LogP contribution in [0.25, 0.3) is 78.4 Å². The largest absolute Gasteiger partial charge is 0.250 e. The van der Waals surface area contributed by atoms with Crippen LogP contribution in [0.15, 0.2) is 146 Å². The number of hydrogen-bond donors (Lipinski definition) is 0. The SMILES string of the molecule is CC(C)c1ccc2ccc3c(-c4cccc(-c5nc(-c6ccccc6)nc(-c6ccccc6)n5)c4)cc(-c4ccccc4)nc3c2n1. The summed E-state index contributed by atoms with van der Waals surface area (Å²) in [7, 11) is 0. The lowest BCUT2D eigenvalue weighted by molar-refractivity contribution is 0.830. The topological polar surface area (TPSA) is 64.5 Å². The molecule has 8 rings (SSSR count). The summed E-state index contributed by atoms with van der Waals surface area (Å²) in [6.07, 6.45) is 0. The molecule has 0 aliphatic heterocycles. The van der Waals surface area contributed by atoms with Crippen molar-refractivity contribution >= 4 is 21.8 Å². The maximum atomic E-state index is 5.24. The molecule has 47 heavy (non-hydrogen) atoms. The predicted octanol–water partition coefficient (Wildman–Crippen LogP) is 10.4. The first-order valence-electron chi connectivity index (χ1n) is 15.9. The summed E-state index contributed by atoms with van der Waals surface area (Å²) >= 11 is 0. The third-order valence-corrected chi connectivity index (χ3v) is 8.45. The minimum atomic E-state index is 0.310. The third kappa shape index (κ3) is 5.53. The van der Waals surface area contributed by atoms with Crippen molar-refractivity contribution in [1.29, 1.82) is 0 Å². The van der Waals surface area contributed by atoms with Crippen molar-refractivity contribution in [2.45, 2.75) is 19.8 Å². The molecule has 0 radical (unpaired) electrons. The van der Waals surface area contributed by atoms with Gasteiger partial charge < -0.3 is 0 Å². The molecular weight excluding hydrogens is 574 g/mol. The maximum Gasteiger partial charge on any atom is 0.164 e. The van der Waals surface area contributed by atoms with Crippen LogP contribution in [-0.4, -0.2) is 24.9 Å². The highest BCUT2D eigenvalue weighted by molar-refractivity contribution is 6.09. The fourth-order valence-corrected chi connectivity index (χ4v) is 5.97. The molecule has 5 heteroatoms. The molecule has 5 aromatic carbocycles. The van der Waals surface area contributed by atoms with E-state index in [1.807, 2.05) is 66.7 Å². The van der Waals surface area contributed by atoms with E-state index in [-0.39, 0.29) is 0 Å². The van der Waals surface area contributed by atoms with Crippen molar-refractivity contribution in [2.75, 3.05) is 0 Å². The summed E-state index contributed by atoms with van der Waals surface area (Å²) in [6.45, 7) is 4.35. The van der Waals surface area contributed by atoms with Gasteiger partial charge in [-0.1, -0.05) is 141 Å². The Kier molecular flexibility index (Phi) is 7.27. The maximum absolute atomic E-state index is 5.24. The average molecular weight is 606 g/mol. The van der Waals surface area contributed by atoms with E-state index < -0.39 is 0 Å². The number of rotatable bonds is 6. The van der Waals surface area contributed by atoms with E-state index >= 15 is 0 Å². The van der Waals surface area contributed by atoms with Gasteiger partial charge in [-0.15, -0.1) is 0 Å². The zero-order chi connectivity index (χ0) is 31.7. The lowest BCUT2D eigenvalue weighted by Gasteiger charge is -2.14. The summed E-state index contributed by atoms with van der Waals surface area (Å²) in [5.74, 6) is 2.21. The van der Waals surface area contributed by atoms with Gasteiger partial charge in [-0.3, -0.25) is 4.98 Å². The van der Waals surface area contributed by atoms with Crippen molar-refractivity contribution in [1.82, 2.24) is 24.9 Å². The fraction of sp³-hybridized carbons (Fsp3) is 0.0714. The molecule has 0 aliphatic rings. The predicted molar refractivity (Wildman–Crippen MR) is 192 cm³/mol. The van der Waals surface area contributed by atoms with E-state index in [9.17, 15) is 0 Å². The van der Waals surface area contributed by atoms with Gasteiger partial charge in [0, 0.05) is 38.7 Å². The van der Waals surface area contributed by atoms with Crippen molar-refractivity contribution in [3.8, 4) is 56.5 Å². The van der Waals surface area contributed by atoms with E-state index in [1.54, 1.807) is 0 Å². The lowest BCUT2D eigenvalue weighted by atomic mass is 9.95. The Bertz CT molecular complexity index is 2310. The molecule has 0 atom stereocenters. The Labute approximate surface area is 273 Å². The summed E-state index contributed by atoms with van der Waals surface area (Å²) in [5, 5.41) is 2.12. The van der Waals surface area contributed by atoms with Gasteiger partial charge in [0.15, 0.2) is 17.5 Å². The van der Waals surface area contributed by atoms with Gasteiger partial charge in [-0.25, -0.2) is 19.9 Å². The molecular formula is C42H31N5. The van der Waals surface area contributed by atoms with E-state index in [4.69, 9.17) is 24.9 Å². The first kappa shape index (κ1) is 28.4. The number of benzene rings is 5. The molecule has 0 spiro atoms. The molecule has 5 nitrogen and oxygen atoms in total. The van der Waals surface area contributed by atoms with Gasteiger partial charge in [0.2, 0.25) is 0 Å². The van der Waals surface area contributed by atoms with Gasteiger partial charge >= 0.3 is 0 Å². The second kappa shape index (κ2) is 12.0. The monoisotopic (exact) mass is 605 g/mol. The second-order valence-corrected chi connectivity index (χ2v) is 12.0. The van der Waals surface area contributed by atoms with Gasteiger partial charge in [-0.05, 0) is 35.2 Å². The third-order valence-electron chi connectivity index (χ3n) is 8.45. The second-order valence-electron chi connectivity index (χ2n) is 12.0. The van der Waals surface area contributed by atoms with Crippen LogP contribution >= 0.6 is 0 Å². The highest BCUT2D eigenvalue weighted by Crippen LogP contribution is 2.37. The van der Waals surface area contributed by atoms with Crippen LogP contribution in [-0.2, 0) is 0 Å². The van der Waals surface area contributed by atoms with Crippen molar-refractivity contribution < 1.29 is 0 Å². The Morgan fingerprint density at radius 1 is 0.404 bits per heavy atom. The van der Waals surface area contributed by atoms with Crippen LogP contribution in [0.2, 0.25) is 0 Å². The Morgan fingerprint density at radius 3 is 1.55 bits per heavy atom. The van der Waals surface area contributed by atoms with Crippen LogP contribution in [0.4, 0.5) is 0 Å². The minimum absolute atomic E-state index is 0.310. The molecule has 0 saturated carbocycles. The molecule has 0 saturated heterocycles. The van der Waals surface area contributed by atoms with E-state index in [2.05, 4.69) is 92.7 Å². The number of aromatic nitrogens is 5. The van der Waals surface area contributed by atoms with Crippen LogP contribution in [0, 0.1) is 0 Å². The molecule has 0 N–H and O–H groups in total. The van der Waals surface area contributed by atoms with Crippen LogP contribution in [0.3, 0.4) is 0 Å². The number of hydrogen-bond acceptors (Lipinski definition) is 5. The van der Waals surface area contributed by atoms with Crippen molar-refractivity contribution in [3.05, 3.63) is 151 Å². The Hall–Kier alpha value is -6.07. The zero-order valence-corrected chi connectivity index (χ0v) is 26.2. The van der Waals surface area contributed by atoms with E-state index in [0.29, 0.717) is 23.4 Å². The fourth-order valence-electron chi connectivity index (χ4n) is 5.97. The molecule has 0 amide bonds. The standard InChI is InChI=1S/C42H31N5/c1-27(2)36-24-22-29-21-23-34-35(26-37(28-13-6-3-7-14-28)44-39(34)38(29)43-36)32-19-12-20-33(25-32)42-46-40(30-15-8-4-9-16-30)45-41(47-42)31-17-10-5-11-18-31/h3-27H,1-2H3. The molecule has 3 aromatic heterocycles. The normalized spacial score (nSPS) is 11.4. The first-order chi connectivity index (χ1) is 23.1. The van der Waals surface area contributed by atoms with Crippen LogP contribution in [0.5, 0.6) is 0 Å². The number of nitrogens with zero attached hydrogens (tertiary/aromatic N) is 5. The number of pyridine rings is 2. The Morgan fingerprint density at radius 2 is 0.936 bits per heavy atom.